The molecule has 2 heterocycles. The van der Waals surface area contributed by atoms with E-state index < -0.39 is 0 Å². The second-order valence-corrected chi connectivity index (χ2v) is 5.66. The second kappa shape index (κ2) is 7.78. The molecule has 116 valence electrons. The van der Waals surface area contributed by atoms with Crippen molar-refractivity contribution in [2.45, 2.75) is 51.4 Å². The molecule has 1 aromatic rings. The van der Waals surface area contributed by atoms with Crippen molar-refractivity contribution < 1.29 is 9.53 Å². The quantitative estimate of drug-likeness (QED) is 0.877. The minimum absolute atomic E-state index is 0. The van der Waals surface area contributed by atoms with Crippen molar-refractivity contribution in [2.24, 2.45) is 0 Å². The summed E-state index contributed by atoms with van der Waals surface area (Å²) in [4.78, 5) is 11.8. The predicted octanol–water partition coefficient (Wildman–Crippen LogP) is 2.29. The van der Waals surface area contributed by atoms with Gasteiger partial charge in [0.25, 0.3) is 0 Å². The van der Waals surface area contributed by atoms with Crippen LogP contribution in [0.15, 0.2) is 18.2 Å². The van der Waals surface area contributed by atoms with E-state index in [1.54, 1.807) is 0 Å². The van der Waals surface area contributed by atoms with Gasteiger partial charge in [0.2, 0.25) is 5.91 Å². The molecule has 0 bridgehead atoms. The summed E-state index contributed by atoms with van der Waals surface area (Å²) in [7, 11) is 0. The van der Waals surface area contributed by atoms with Crippen molar-refractivity contribution in [3.05, 3.63) is 34.9 Å². The van der Waals surface area contributed by atoms with Crippen LogP contribution in [0.1, 0.15) is 42.4 Å². The molecule has 5 heteroatoms. The van der Waals surface area contributed by atoms with Crippen LogP contribution in [0, 0.1) is 0 Å². The zero-order valence-corrected chi connectivity index (χ0v) is 13.0. The van der Waals surface area contributed by atoms with Gasteiger partial charge in [-0.1, -0.05) is 18.2 Å². The average Bonchev–Trinajstić information content (AvgIpc) is 3.13. The maximum Gasteiger partial charge on any atom is 0.220 e. The number of benzene rings is 1. The highest BCUT2D eigenvalue weighted by Crippen LogP contribution is 2.18. The molecule has 1 saturated heterocycles. The second-order valence-electron chi connectivity index (χ2n) is 5.66. The smallest absolute Gasteiger partial charge is 0.220 e. The van der Waals surface area contributed by atoms with Gasteiger partial charge in [0.15, 0.2) is 0 Å². The molecule has 2 N–H and O–H groups in total. The topological polar surface area (TPSA) is 50.4 Å². The van der Waals surface area contributed by atoms with E-state index in [1.807, 2.05) is 0 Å². The standard InChI is InChI=1S/C16H22N2O2.ClH/c19-16(6-5-15-2-1-7-20-15)18-9-12-3-4-13-10-17-11-14(13)8-12;/h3-4,8,15,17H,1-2,5-7,9-11H2,(H,18,19);1H. The number of hydrogen-bond acceptors (Lipinski definition) is 3. The van der Waals surface area contributed by atoms with E-state index in [2.05, 4.69) is 28.8 Å². The molecule has 4 nitrogen and oxygen atoms in total. The fourth-order valence-corrected chi connectivity index (χ4v) is 2.91. The van der Waals surface area contributed by atoms with Crippen LogP contribution in [0.3, 0.4) is 0 Å². The van der Waals surface area contributed by atoms with E-state index in [1.165, 1.54) is 16.7 Å². The average molecular weight is 311 g/mol. The molecule has 0 aliphatic carbocycles. The van der Waals surface area contributed by atoms with Gasteiger partial charge in [-0.2, -0.15) is 0 Å². The minimum atomic E-state index is 0. The van der Waals surface area contributed by atoms with Gasteiger partial charge in [-0.05, 0) is 36.0 Å². The predicted molar refractivity (Wildman–Crippen MR) is 84.3 cm³/mol. The van der Waals surface area contributed by atoms with Crippen LogP contribution in [-0.4, -0.2) is 18.6 Å². The number of nitrogens with one attached hydrogen (secondary N) is 2. The van der Waals surface area contributed by atoms with Crippen LogP contribution in [-0.2, 0) is 29.2 Å². The van der Waals surface area contributed by atoms with Crippen LogP contribution < -0.4 is 10.6 Å². The number of ether oxygens (including phenoxy) is 1. The van der Waals surface area contributed by atoms with Gasteiger partial charge in [0, 0.05) is 32.7 Å². The van der Waals surface area contributed by atoms with Crippen LogP contribution >= 0.6 is 12.4 Å². The molecule has 0 spiro atoms. The molecular weight excluding hydrogens is 288 g/mol. The van der Waals surface area contributed by atoms with Gasteiger partial charge in [0.05, 0.1) is 6.10 Å². The highest BCUT2D eigenvalue weighted by molar-refractivity contribution is 5.85. The first-order chi connectivity index (χ1) is 9.81. The number of carbonyl (C=O) groups excluding carboxylic acids is 1. The van der Waals surface area contributed by atoms with Crippen LogP contribution in [0.2, 0.25) is 0 Å². The van der Waals surface area contributed by atoms with Crippen molar-refractivity contribution in [2.75, 3.05) is 6.61 Å². The van der Waals surface area contributed by atoms with Crippen LogP contribution in [0.4, 0.5) is 0 Å². The summed E-state index contributed by atoms with van der Waals surface area (Å²) in [6.07, 6.45) is 3.95. The lowest BCUT2D eigenvalue weighted by molar-refractivity contribution is -0.121. The Bertz CT molecular complexity index is 487. The summed E-state index contributed by atoms with van der Waals surface area (Å²) in [5.41, 5.74) is 3.91. The molecule has 21 heavy (non-hydrogen) atoms. The summed E-state index contributed by atoms with van der Waals surface area (Å²) in [5.74, 6) is 0.124. The maximum absolute atomic E-state index is 11.8. The zero-order valence-electron chi connectivity index (χ0n) is 12.2. The van der Waals surface area contributed by atoms with E-state index in [9.17, 15) is 4.79 Å². The minimum Gasteiger partial charge on any atom is -0.378 e. The van der Waals surface area contributed by atoms with Crippen molar-refractivity contribution in [3.8, 4) is 0 Å². The molecular formula is C16H23ClN2O2. The Morgan fingerprint density at radius 3 is 3.00 bits per heavy atom. The lowest BCUT2D eigenvalue weighted by atomic mass is 10.1. The number of amides is 1. The molecule has 2 aliphatic heterocycles. The Morgan fingerprint density at radius 2 is 2.19 bits per heavy atom. The highest BCUT2D eigenvalue weighted by Gasteiger charge is 2.16. The van der Waals surface area contributed by atoms with E-state index in [0.29, 0.717) is 19.1 Å². The maximum atomic E-state index is 11.8. The van der Waals surface area contributed by atoms with Crippen molar-refractivity contribution in [1.82, 2.24) is 10.6 Å². The van der Waals surface area contributed by atoms with Gasteiger partial charge in [-0.25, -0.2) is 0 Å². The third-order valence-corrected chi connectivity index (χ3v) is 4.11. The SMILES string of the molecule is Cl.O=C(CCC1CCCO1)NCc1ccc2c(c1)CNC2. The number of halogens is 1. The Morgan fingerprint density at radius 1 is 1.33 bits per heavy atom. The lowest BCUT2D eigenvalue weighted by Gasteiger charge is -2.10. The Hall–Kier alpha value is -1.10. The molecule has 1 aromatic carbocycles. The number of fused-ring (bicyclic) bond motifs is 1. The van der Waals surface area contributed by atoms with Crippen molar-refractivity contribution in [3.63, 3.8) is 0 Å². The van der Waals surface area contributed by atoms with Crippen molar-refractivity contribution >= 4 is 18.3 Å². The van der Waals surface area contributed by atoms with Gasteiger partial charge in [-0.15, -0.1) is 12.4 Å². The van der Waals surface area contributed by atoms with Gasteiger partial charge >= 0.3 is 0 Å². The van der Waals surface area contributed by atoms with E-state index >= 15 is 0 Å². The summed E-state index contributed by atoms with van der Waals surface area (Å²) in [5, 5.41) is 6.33. The van der Waals surface area contributed by atoms with E-state index in [0.717, 1.165) is 39.0 Å². The molecule has 1 fully saturated rings. The molecule has 3 rings (SSSR count). The number of rotatable bonds is 5. The fraction of sp³-hybridized carbons (Fsp3) is 0.562. The monoisotopic (exact) mass is 310 g/mol. The Balaban J connectivity index is 0.00000161. The first-order valence-electron chi connectivity index (χ1n) is 7.51. The van der Waals surface area contributed by atoms with Crippen LogP contribution in [0.5, 0.6) is 0 Å². The number of carbonyl (C=O) groups is 1. The lowest BCUT2D eigenvalue weighted by Crippen LogP contribution is -2.24. The zero-order chi connectivity index (χ0) is 13.8. The normalized spacial score (nSPS) is 19.9. The van der Waals surface area contributed by atoms with E-state index in [4.69, 9.17) is 4.74 Å². The molecule has 1 unspecified atom stereocenters. The first-order valence-corrected chi connectivity index (χ1v) is 7.51. The third-order valence-electron chi connectivity index (χ3n) is 4.11. The molecule has 0 saturated carbocycles. The summed E-state index contributed by atoms with van der Waals surface area (Å²) in [6, 6.07) is 6.45. The molecule has 0 radical (unpaired) electrons. The van der Waals surface area contributed by atoms with Crippen LogP contribution in [0.25, 0.3) is 0 Å². The first kappa shape index (κ1) is 16.3. The summed E-state index contributed by atoms with van der Waals surface area (Å²) >= 11 is 0. The van der Waals surface area contributed by atoms with E-state index in [-0.39, 0.29) is 18.3 Å². The number of hydrogen-bond donors (Lipinski definition) is 2. The van der Waals surface area contributed by atoms with Gasteiger partial charge in [0.1, 0.15) is 0 Å². The molecule has 2 aliphatic rings. The van der Waals surface area contributed by atoms with Gasteiger partial charge in [-0.3, -0.25) is 4.79 Å². The molecule has 1 atom stereocenters. The highest BCUT2D eigenvalue weighted by atomic mass is 35.5. The molecule has 1 amide bonds. The molecule has 0 aromatic heterocycles. The van der Waals surface area contributed by atoms with Crippen molar-refractivity contribution in [1.29, 1.82) is 0 Å². The Labute approximate surface area is 132 Å². The van der Waals surface area contributed by atoms with Gasteiger partial charge < -0.3 is 15.4 Å². The fourth-order valence-electron chi connectivity index (χ4n) is 2.91. The largest absolute Gasteiger partial charge is 0.378 e. The summed E-state index contributed by atoms with van der Waals surface area (Å²) in [6.45, 7) is 3.38. The summed E-state index contributed by atoms with van der Waals surface area (Å²) < 4.78 is 5.53. The Kier molecular flexibility index (Phi) is 6.03. The third kappa shape index (κ3) is 4.43.